The zero-order chi connectivity index (χ0) is 9.42. The first-order chi connectivity index (χ1) is 6.22. The highest BCUT2D eigenvalue weighted by Gasteiger charge is 2.06. The van der Waals surface area contributed by atoms with Gasteiger partial charge in [0.1, 0.15) is 0 Å². The molecular formula is C9H6BrN3. The highest BCUT2D eigenvalue weighted by Crippen LogP contribution is 2.20. The summed E-state index contributed by atoms with van der Waals surface area (Å²) in [7, 11) is 0. The lowest BCUT2D eigenvalue weighted by molar-refractivity contribution is 1.26. The maximum Gasteiger partial charge on any atom is 0.175 e. The van der Waals surface area contributed by atoms with Gasteiger partial charge in [0, 0.05) is 0 Å². The third kappa shape index (κ3) is 1.21. The quantitative estimate of drug-likeness (QED) is 0.763. The lowest BCUT2D eigenvalue weighted by Crippen LogP contribution is -1.83. The fourth-order valence-corrected chi connectivity index (χ4v) is 1.69. The van der Waals surface area contributed by atoms with Gasteiger partial charge in [0.15, 0.2) is 4.73 Å². The molecule has 0 saturated carbocycles. The van der Waals surface area contributed by atoms with Crippen molar-refractivity contribution < 1.29 is 0 Å². The van der Waals surface area contributed by atoms with Crippen LogP contribution in [0.2, 0.25) is 0 Å². The molecule has 13 heavy (non-hydrogen) atoms. The molecule has 1 aromatic heterocycles. The van der Waals surface area contributed by atoms with Crippen molar-refractivity contribution in [2.24, 2.45) is 0 Å². The monoisotopic (exact) mass is 235 g/mol. The molecule has 0 unspecified atom stereocenters. The largest absolute Gasteiger partial charge is 0.332 e. The first kappa shape index (κ1) is 8.27. The molecule has 0 atom stereocenters. The maximum absolute atomic E-state index is 8.78. The topological polar surface area (TPSA) is 52.5 Å². The number of aromatic nitrogens is 2. The summed E-state index contributed by atoms with van der Waals surface area (Å²) >= 11 is 3.26. The van der Waals surface area contributed by atoms with Gasteiger partial charge in [0.2, 0.25) is 0 Å². The van der Waals surface area contributed by atoms with E-state index < -0.39 is 0 Å². The summed E-state index contributed by atoms with van der Waals surface area (Å²) in [4.78, 5) is 7.28. The fraction of sp³-hybridized carbons (Fsp3) is 0.111. The van der Waals surface area contributed by atoms with Crippen LogP contribution in [0.3, 0.4) is 0 Å². The van der Waals surface area contributed by atoms with Crippen LogP contribution >= 0.6 is 15.9 Å². The third-order valence-electron chi connectivity index (χ3n) is 2.00. The minimum Gasteiger partial charge on any atom is -0.332 e. The van der Waals surface area contributed by atoms with Gasteiger partial charge in [-0.05, 0) is 40.5 Å². The maximum atomic E-state index is 8.78. The molecule has 1 aromatic carbocycles. The molecule has 0 aliphatic carbocycles. The predicted molar refractivity (Wildman–Crippen MR) is 53.2 cm³/mol. The summed E-state index contributed by atoms with van der Waals surface area (Å²) in [5, 5.41) is 8.78. The Morgan fingerprint density at radius 1 is 1.54 bits per heavy atom. The molecule has 0 spiro atoms. The zero-order valence-electron chi connectivity index (χ0n) is 6.93. The van der Waals surface area contributed by atoms with Crippen LogP contribution in [0.4, 0.5) is 0 Å². The standard InChI is InChI=1S/C9H6BrN3/c1-5-6(4-11)2-3-7-8(5)13-9(10)12-7/h2-3H,1H3,(H,12,13). The van der Waals surface area contributed by atoms with Crippen molar-refractivity contribution in [3.8, 4) is 6.07 Å². The van der Waals surface area contributed by atoms with Crippen LogP contribution in [0.15, 0.2) is 16.9 Å². The van der Waals surface area contributed by atoms with E-state index in [4.69, 9.17) is 5.26 Å². The number of H-pyrrole nitrogens is 1. The summed E-state index contributed by atoms with van der Waals surface area (Å²) in [6.45, 7) is 1.90. The van der Waals surface area contributed by atoms with E-state index in [0.29, 0.717) is 10.3 Å². The van der Waals surface area contributed by atoms with Crippen molar-refractivity contribution in [3.63, 3.8) is 0 Å². The van der Waals surface area contributed by atoms with Crippen molar-refractivity contribution in [1.29, 1.82) is 5.26 Å². The van der Waals surface area contributed by atoms with E-state index in [1.54, 1.807) is 6.07 Å². The van der Waals surface area contributed by atoms with Crippen molar-refractivity contribution in [2.75, 3.05) is 0 Å². The average molecular weight is 236 g/mol. The number of nitrogens with zero attached hydrogens (tertiary/aromatic N) is 2. The molecule has 1 heterocycles. The fourth-order valence-electron chi connectivity index (χ4n) is 1.30. The Morgan fingerprint density at radius 2 is 2.31 bits per heavy atom. The number of rotatable bonds is 0. The molecule has 0 saturated heterocycles. The van der Waals surface area contributed by atoms with E-state index in [1.807, 2.05) is 13.0 Å². The molecule has 1 N–H and O–H groups in total. The number of fused-ring (bicyclic) bond motifs is 1. The Kier molecular flexibility index (Phi) is 1.82. The van der Waals surface area contributed by atoms with Gasteiger partial charge >= 0.3 is 0 Å². The van der Waals surface area contributed by atoms with E-state index in [0.717, 1.165) is 16.6 Å². The second-order valence-electron chi connectivity index (χ2n) is 2.77. The molecule has 0 bridgehead atoms. The number of aryl methyl sites for hydroxylation is 1. The molecule has 0 fully saturated rings. The minimum absolute atomic E-state index is 0.673. The van der Waals surface area contributed by atoms with Gasteiger partial charge < -0.3 is 4.98 Å². The number of halogens is 1. The van der Waals surface area contributed by atoms with E-state index in [-0.39, 0.29) is 0 Å². The molecule has 2 rings (SSSR count). The highest BCUT2D eigenvalue weighted by molar-refractivity contribution is 9.10. The van der Waals surface area contributed by atoms with E-state index >= 15 is 0 Å². The van der Waals surface area contributed by atoms with Crippen LogP contribution < -0.4 is 0 Å². The number of nitrogens with one attached hydrogen (secondary N) is 1. The number of benzene rings is 1. The van der Waals surface area contributed by atoms with Crippen LogP contribution in [-0.4, -0.2) is 9.97 Å². The molecule has 3 nitrogen and oxygen atoms in total. The molecule has 4 heteroatoms. The molecule has 0 amide bonds. The van der Waals surface area contributed by atoms with Crippen LogP contribution in [0.5, 0.6) is 0 Å². The molecular weight excluding hydrogens is 230 g/mol. The number of hydrogen-bond acceptors (Lipinski definition) is 2. The van der Waals surface area contributed by atoms with Crippen molar-refractivity contribution >= 4 is 27.0 Å². The van der Waals surface area contributed by atoms with Crippen molar-refractivity contribution in [1.82, 2.24) is 9.97 Å². The molecule has 2 aromatic rings. The summed E-state index contributed by atoms with van der Waals surface area (Å²) in [6.07, 6.45) is 0. The molecule has 64 valence electrons. The Labute approximate surface area is 83.5 Å². The first-order valence-electron chi connectivity index (χ1n) is 3.77. The van der Waals surface area contributed by atoms with Crippen molar-refractivity contribution in [3.05, 3.63) is 28.0 Å². The Morgan fingerprint density at radius 3 is 3.00 bits per heavy atom. The van der Waals surface area contributed by atoms with Crippen LogP contribution in [0, 0.1) is 18.3 Å². The van der Waals surface area contributed by atoms with E-state index in [2.05, 4.69) is 32.0 Å². The Hall–Kier alpha value is -1.34. The third-order valence-corrected chi connectivity index (χ3v) is 2.37. The van der Waals surface area contributed by atoms with Crippen LogP contribution in [0.1, 0.15) is 11.1 Å². The number of imidazole rings is 1. The second-order valence-corrected chi connectivity index (χ2v) is 3.52. The summed E-state index contributed by atoms with van der Waals surface area (Å²) in [6, 6.07) is 5.78. The lowest BCUT2D eigenvalue weighted by Gasteiger charge is -1.95. The zero-order valence-corrected chi connectivity index (χ0v) is 8.51. The summed E-state index contributed by atoms with van der Waals surface area (Å²) in [5.41, 5.74) is 3.39. The summed E-state index contributed by atoms with van der Waals surface area (Å²) in [5.74, 6) is 0. The molecule has 0 aliphatic rings. The van der Waals surface area contributed by atoms with Gasteiger partial charge in [0.05, 0.1) is 22.7 Å². The Balaban J connectivity index is 2.87. The van der Waals surface area contributed by atoms with Gasteiger partial charge in [-0.1, -0.05) is 0 Å². The first-order valence-corrected chi connectivity index (χ1v) is 4.56. The molecule has 0 aliphatic heterocycles. The lowest BCUT2D eigenvalue weighted by atomic mass is 10.1. The second kappa shape index (κ2) is 2.86. The van der Waals surface area contributed by atoms with Gasteiger partial charge in [-0.25, -0.2) is 4.98 Å². The highest BCUT2D eigenvalue weighted by atomic mass is 79.9. The minimum atomic E-state index is 0.673. The number of aromatic amines is 1. The van der Waals surface area contributed by atoms with E-state index in [9.17, 15) is 0 Å². The van der Waals surface area contributed by atoms with Crippen LogP contribution in [-0.2, 0) is 0 Å². The van der Waals surface area contributed by atoms with E-state index in [1.165, 1.54) is 0 Å². The molecule has 0 radical (unpaired) electrons. The van der Waals surface area contributed by atoms with Crippen LogP contribution in [0.25, 0.3) is 11.0 Å². The van der Waals surface area contributed by atoms with Gasteiger partial charge in [-0.2, -0.15) is 5.26 Å². The number of nitriles is 1. The average Bonchev–Trinajstić information content (AvgIpc) is 2.47. The van der Waals surface area contributed by atoms with Gasteiger partial charge in [-0.15, -0.1) is 0 Å². The van der Waals surface area contributed by atoms with Gasteiger partial charge in [-0.3, -0.25) is 0 Å². The normalized spacial score (nSPS) is 10.2. The Bertz CT molecular complexity index is 507. The number of hydrogen-bond donors (Lipinski definition) is 1. The summed E-state index contributed by atoms with van der Waals surface area (Å²) < 4.78 is 0.695. The van der Waals surface area contributed by atoms with Gasteiger partial charge in [0.25, 0.3) is 0 Å². The van der Waals surface area contributed by atoms with Crippen molar-refractivity contribution in [2.45, 2.75) is 6.92 Å². The smallest absolute Gasteiger partial charge is 0.175 e. The SMILES string of the molecule is Cc1c(C#N)ccc2[nH]c(Br)nc12. The predicted octanol–water partition coefficient (Wildman–Crippen LogP) is 2.51.